The maximum Gasteiger partial charge on any atom is 0.0643 e. The summed E-state index contributed by atoms with van der Waals surface area (Å²) in [6, 6.07) is 10.8. The second-order valence-corrected chi connectivity index (χ2v) is 5.26. The minimum absolute atomic E-state index is 0.386. The van der Waals surface area contributed by atoms with E-state index in [4.69, 9.17) is 40.5 Å². The first-order valence-corrected chi connectivity index (χ1v) is 6.60. The number of halogens is 3. The molecule has 0 aliphatic carbocycles. The highest BCUT2D eigenvalue weighted by atomic mass is 35.5. The minimum atomic E-state index is -0.386. The molecule has 0 amide bonds. The molecule has 2 aromatic carbocycles. The van der Waals surface area contributed by atoms with Crippen LogP contribution in [0.2, 0.25) is 15.1 Å². The topological polar surface area (TPSA) is 26.0 Å². The van der Waals surface area contributed by atoms with Crippen LogP contribution in [0.25, 0.3) is 0 Å². The summed E-state index contributed by atoms with van der Waals surface area (Å²) in [7, 11) is 0. The molecule has 1 unspecified atom stereocenters. The molecule has 2 aromatic rings. The first kappa shape index (κ1) is 13.7. The lowest BCUT2D eigenvalue weighted by Crippen LogP contribution is -2.13. The van der Waals surface area contributed by atoms with E-state index in [1.807, 2.05) is 37.3 Å². The second-order valence-electron chi connectivity index (χ2n) is 4.10. The second kappa shape index (κ2) is 5.50. The van der Waals surface area contributed by atoms with Crippen LogP contribution >= 0.6 is 34.8 Å². The highest BCUT2D eigenvalue weighted by Crippen LogP contribution is 2.35. The molecule has 4 heteroatoms. The predicted molar refractivity (Wildman–Crippen MR) is 78.7 cm³/mol. The van der Waals surface area contributed by atoms with Crippen molar-refractivity contribution in [3.63, 3.8) is 0 Å². The number of hydrogen-bond acceptors (Lipinski definition) is 1. The van der Waals surface area contributed by atoms with Gasteiger partial charge >= 0.3 is 0 Å². The summed E-state index contributed by atoms with van der Waals surface area (Å²) in [5.41, 5.74) is 8.84. The normalized spacial score (nSPS) is 12.5. The van der Waals surface area contributed by atoms with E-state index in [-0.39, 0.29) is 6.04 Å². The van der Waals surface area contributed by atoms with E-state index in [0.717, 1.165) is 16.7 Å². The van der Waals surface area contributed by atoms with Gasteiger partial charge in [0.1, 0.15) is 0 Å². The van der Waals surface area contributed by atoms with Gasteiger partial charge < -0.3 is 5.73 Å². The van der Waals surface area contributed by atoms with Gasteiger partial charge in [0.25, 0.3) is 0 Å². The van der Waals surface area contributed by atoms with E-state index < -0.39 is 0 Å². The van der Waals surface area contributed by atoms with Crippen molar-refractivity contribution >= 4 is 34.8 Å². The first-order chi connectivity index (χ1) is 8.52. The van der Waals surface area contributed by atoms with Gasteiger partial charge in [-0.25, -0.2) is 0 Å². The van der Waals surface area contributed by atoms with E-state index in [0.29, 0.717) is 15.1 Å². The van der Waals surface area contributed by atoms with Gasteiger partial charge in [-0.05, 0) is 29.7 Å². The van der Waals surface area contributed by atoms with Gasteiger partial charge in [0.15, 0.2) is 0 Å². The van der Waals surface area contributed by atoms with Crippen molar-refractivity contribution < 1.29 is 0 Å². The standard InChI is InChI=1S/C14H12Cl3N/c1-8-4-2-5-9(12(8)16)14(18)10-6-3-7-11(15)13(10)17/h2-7,14H,18H2,1H3. The van der Waals surface area contributed by atoms with Crippen molar-refractivity contribution in [2.24, 2.45) is 5.73 Å². The Morgan fingerprint density at radius 1 is 0.889 bits per heavy atom. The molecule has 0 bridgehead atoms. The lowest BCUT2D eigenvalue weighted by atomic mass is 9.98. The Morgan fingerprint density at radius 2 is 1.44 bits per heavy atom. The third-order valence-electron chi connectivity index (χ3n) is 2.87. The molecule has 0 aliphatic heterocycles. The summed E-state index contributed by atoms with van der Waals surface area (Å²) in [5, 5.41) is 1.64. The van der Waals surface area contributed by atoms with Crippen LogP contribution in [0.15, 0.2) is 36.4 Å². The summed E-state index contributed by atoms with van der Waals surface area (Å²) in [6.45, 7) is 1.94. The average molecular weight is 301 g/mol. The van der Waals surface area contributed by atoms with Crippen molar-refractivity contribution in [2.75, 3.05) is 0 Å². The highest BCUT2D eigenvalue weighted by molar-refractivity contribution is 6.42. The van der Waals surface area contributed by atoms with Gasteiger partial charge in [-0.2, -0.15) is 0 Å². The van der Waals surface area contributed by atoms with E-state index >= 15 is 0 Å². The zero-order valence-corrected chi connectivity index (χ0v) is 12.0. The smallest absolute Gasteiger partial charge is 0.0643 e. The lowest BCUT2D eigenvalue weighted by Gasteiger charge is -2.17. The van der Waals surface area contributed by atoms with Crippen molar-refractivity contribution in [2.45, 2.75) is 13.0 Å². The van der Waals surface area contributed by atoms with Crippen molar-refractivity contribution in [1.82, 2.24) is 0 Å². The van der Waals surface area contributed by atoms with Crippen LogP contribution in [-0.4, -0.2) is 0 Å². The van der Waals surface area contributed by atoms with Gasteiger partial charge in [0, 0.05) is 5.02 Å². The number of aryl methyl sites for hydroxylation is 1. The third-order valence-corrected chi connectivity index (χ3v) is 4.22. The maximum atomic E-state index is 6.27. The molecule has 94 valence electrons. The van der Waals surface area contributed by atoms with Crippen LogP contribution in [0.5, 0.6) is 0 Å². The van der Waals surface area contributed by atoms with Gasteiger partial charge in [-0.1, -0.05) is 65.1 Å². The number of nitrogens with two attached hydrogens (primary N) is 1. The molecule has 2 rings (SSSR count). The molecule has 1 atom stereocenters. The van der Waals surface area contributed by atoms with E-state index in [1.54, 1.807) is 6.07 Å². The minimum Gasteiger partial charge on any atom is -0.320 e. The van der Waals surface area contributed by atoms with Crippen LogP contribution in [-0.2, 0) is 0 Å². The molecule has 0 saturated carbocycles. The van der Waals surface area contributed by atoms with E-state index in [1.165, 1.54) is 0 Å². The summed E-state index contributed by atoms with van der Waals surface area (Å²) in [5.74, 6) is 0. The molecule has 0 radical (unpaired) electrons. The van der Waals surface area contributed by atoms with E-state index in [9.17, 15) is 0 Å². The molecular formula is C14H12Cl3N. The van der Waals surface area contributed by atoms with Crippen molar-refractivity contribution in [3.05, 3.63) is 68.2 Å². The third kappa shape index (κ3) is 2.50. The Balaban J connectivity index is 2.51. The average Bonchev–Trinajstić information content (AvgIpc) is 2.35. The zero-order chi connectivity index (χ0) is 13.3. The molecule has 0 aromatic heterocycles. The summed E-state index contributed by atoms with van der Waals surface area (Å²) in [6.07, 6.45) is 0. The molecule has 0 fully saturated rings. The fourth-order valence-electron chi connectivity index (χ4n) is 1.84. The lowest BCUT2D eigenvalue weighted by molar-refractivity contribution is 0.870. The number of rotatable bonds is 2. The van der Waals surface area contributed by atoms with Crippen LogP contribution in [0, 0.1) is 6.92 Å². The monoisotopic (exact) mass is 299 g/mol. The summed E-state index contributed by atoms with van der Waals surface area (Å²) >= 11 is 18.4. The first-order valence-electron chi connectivity index (χ1n) is 5.47. The molecule has 0 spiro atoms. The largest absolute Gasteiger partial charge is 0.320 e. The molecule has 1 nitrogen and oxygen atoms in total. The Kier molecular flexibility index (Phi) is 4.18. The molecule has 0 saturated heterocycles. The molecular weight excluding hydrogens is 289 g/mol. The Hall–Kier alpha value is -0.730. The zero-order valence-electron chi connectivity index (χ0n) is 9.75. The predicted octanol–water partition coefficient (Wildman–Crippen LogP) is 5.00. The Bertz CT molecular complexity index is 530. The molecule has 0 aliphatic rings. The van der Waals surface area contributed by atoms with Crippen LogP contribution < -0.4 is 5.73 Å². The van der Waals surface area contributed by atoms with Crippen molar-refractivity contribution in [3.8, 4) is 0 Å². The fraction of sp³-hybridized carbons (Fsp3) is 0.143. The van der Waals surface area contributed by atoms with Gasteiger partial charge in [0.05, 0.1) is 16.1 Å². The summed E-state index contributed by atoms with van der Waals surface area (Å²) < 4.78 is 0. The van der Waals surface area contributed by atoms with Gasteiger partial charge in [-0.15, -0.1) is 0 Å². The van der Waals surface area contributed by atoms with Crippen LogP contribution in [0.1, 0.15) is 22.7 Å². The summed E-state index contributed by atoms with van der Waals surface area (Å²) in [4.78, 5) is 0. The maximum absolute atomic E-state index is 6.27. The fourth-order valence-corrected chi connectivity index (χ4v) is 2.51. The quantitative estimate of drug-likeness (QED) is 0.829. The van der Waals surface area contributed by atoms with Gasteiger partial charge in [0.2, 0.25) is 0 Å². The van der Waals surface area contributed by atoms with Crippen molar-refractivity contribution in [1.29, 1.82) is 0 Å². The number of hydrogen-bond donors (Lipinski definition) is 1. The Morgan fingerprint density at radius 3 is 2.11 bits per heavy atom. The molecule has 18 heavy (non-hydrogen) atoms. The Labute approximate surface area is 121 Å². The SMILES string of the molecule is Cc1cccc(C(N)c2cccc(Cl)c2Cl)c1Cl. The number of benzene rings is 2. The van der Waals surface area contributed by atoms with E-state index in [2.05, 4.69) is 0 Å². The molecule has 0 heterocycles. The highest BCUT2D eigenvalue weighted by Gasteiger charge is 2.17. The van der Waals surface area contributed by atoms with Crippen LogP contribution in [0.3, 0.4) is 0 Å². The van der Waals surface area contributed by atoms with Gasteiger partial charge in [-0.3, -0.25) is 0 Å². The molecule has 2 N–H and O–H groups in total. The van der Waals surface area contributed by atoms with Crippen LogP contribution in [0.4, 0.5) is 0 Å².